The first-order valence-electron chi connectivity index (χ1n) is 6.45. The molecular weight excluding hydrogens is 383 g/mol. The molecule has 3 heterocycles. The zero-order valence-corrected chi connectivity index (χ0v) is 16.5. The van der Waals surface area contributed by atoms with Gasteiger partial charge in [-0.2, -0.15) is 0 Å². The van der Waals surface area contributed by atoms with E-state index in [2.05, 4.69) is 20.8 Å². The van der Waals surface area contributed by atoms with Crippen molar-refractivity contribution in [3.8, 4) is 0 Å². The number of aliphatic carboxylic acids is 1. The van der Waals surface area contributed by atoms with Gasteiger partial charge in [0.1, 0.15) is 5.37 Å². The van der Waals surface area contributed by atoms with E-state index < -0.39 is 22.9 Å². The van der Waals surface area contributed by atoms with Gasteiger partial charge in [-0.15, -0.1) is 16.6 Å². The number of β-lactam (4-membered cyclic amide) rings is 1. The van der Waals surface area contributed by atoms with Crippen molar-refractivity contribution in [2.75, 3.05) is 17.3 Å². The van der Waals surface area contributed by atoms with Crippen LogP contribution in [0.2, 0.25) is 0 Å². The molecule has 1 aromatic heterocycles. The van der Waals surface area contributed by atoms with Crippen LogP contribution in [0.3, 0.4) is 0 Å². The Morgan fingerprint density at radius 1 is 1.60 bits per heavy atom. The van der Waals surface area contributed by atoms with Crippen molar-refractivity contribution in [2.24, 2.45) is 5.73 Å². The summed E-state index contributed by atoms with van der Waals surface area (Å²) in [6.07, 6.45) is 0.310. The molecule has 15 heteroatoms. The molecule has 0 bridgehead atoms. The number of thioether (sulfide) groups is 2. The largest absolute Gasteiger partial charge is 1.00 e. The summed E-state index contributed by atoms with van der Waals surface area (Å²) in [4.78, 5) is 36.4. The standard InChI is InChI=1S/C10H12N8O4S2.Na/c11-10(13-3-19)7(22)17-5(6(20)21)4(1-23-8(10)17)2-24-9-14-15-16-18(9)12;/h3,8H,1-2,11-12H2,(H,13,19)(H,20,21);/q;+1/p-1/t8-,10-;/m0./s1. The summed E-state index contributed by atoms with van der Waals surface area (Å²) in [6.45, 7) is 0. The number of carbonyl (C=O) groups is 3. The number of hydrogen-bond acceptors (Lipinski definition) is 11. The average molecular weight is 394 g/mol. The molecule has 1 fully saturated rings. The second-order valence-electron chi connectivity index (χ2n) is 4.90. The van der Waals surface area contributed by atoms with Gasteiger partial charge in [-0.1, -0.05) is 16.9 Å². The van der Waals surface area contributed by atoms with Gasteiger partial charge in [0.05, 0.1) is 11.7 Å². The van der Waals surface area contributed by atoms with Crippen molar-refractivity contribution in [1.82, 2.24) is 30.5 Å². The van der Waals surface area contributed by atoms with Gasteiger partial charge in [-0.05, 0) is 16.0 Å². The van der Waals surface area contributed by atoms with Gasteiger partial charge in [0.15, 0.2) is 0 Å². The zero-order chi connectivity index (χ0) is 17.5. The van der Waals surface area contributed by atoms with Crippen LogP contribution in [0.1, 0.15) is 0 Å². The second-order valence-corrected chi connectivity index (χ2v) is 6.92. The minimum absolute atomic E-state index is 0. The molecule has 2 atom stereocenters. The van der Waals surface area contributed by atoms with E-state index in [0.717, 1.165) is 21.5 Å². The molecule has 5 N–H and O–H groups in total. The Kier molecular flexibility index (Phi) is 6.01. The Morgan fingerprint density at radius 2 is 2.32 bits per heavy atom. The molecule has 0 aromatic carbocycles. The number of nitrogens with two attached hydrogens (primary N) is 2. The van der Waals surface area contributed by atoms with Crippen LogP contribution < -0.4 is 51.6 Å². The van der Waals surface area contributed by atoms with E-state index in [1.54, 1.807) is 0 Å². The molecule has 0 unspecified atom stereocenters. The Labute approximate surface area is 171 Å². The van der Waals surface area contributed by atoms with Gasteiger partial charge in [0.2, 0.25) is 17.2 Å². The molecule has 3 rings (SSSR count). The monoisotopic (exact) mass is 394 g/mol. The molecule has 0 radical (unpaired) electrons. The third-order valence-corrected chi connectivity index (χ3v) is 5.95. The van der Waals surface area contributed by atoms with Crippen LogP contribution in [0.25, 0.3) is 0 Å². The molecule has 2 amide bonds. The van der Waals surface area contributed by atoms with Gasteiger partial charge in [0, 0.05) is 11.5 Å². The molecular formula is C10H11N8NaO4S2. The van der Waals surface area contributed by atoms with E-state index in [4.69, 9.17) is 11.6 Å². The molecule has 25 heavy (non-hydrogen) atoms. The number of nitrogens with one attached hydrogen (secondary N) is 1. The van der Waals surface area contributed by atoms with Gasteiger partial charge < -0.3 is 21.1 Å². The Hall–Kier alpha value is -1.32. The molecule has 2 aliphatic rings. The molecule has 128 valence electrons. The van der Waals surface area contributed by atoms with E-state index in [-0.39, 0.29) is 51.9 Å². The van der Waals surface area contributed by atoms with Gasteiger partial charge in [-0.3, -0.25) is 20.2 Å². The molecule has 0 spiro atoms. The third kappa shape index (κ3) is 3.24. The van der Waals surface area contributed by atoms with Crippen LogP contribution in [0.15, 0.2) is 16.4 Å². The van der Waals surface area contributed by atoms with E-state index in [1.165, 1.54) is 11.8 Å². The third-order valence-electron chi connectivity index (χ3n) is 3.52. The van der Waals surface area contributed by atoms with Crippen molar-refractivity contribution in [3.05, 3.63) is 11.3 Å². The number of rotatable bonds is 6. The van der Waals surface area contributed by atoms with E-state index in [9.17, 15) is 19.5 Å². The minimum atomic E-state index is -1.62. The van der Waals surface area contributed by atoms with Crippen LogP contribution in [0.4, 0.5) is 0 Å². The first-order chi connectivity index (χ1) is 11.4. The quantitative estimate of drug-likeness (QED) is 0.104. The number of carboxylic acid groups (broad SMARTS) is 1. The molecule has 1 aromatic rings. The van der Waals surface area contributed by atoms with Gasteiger partial charge in [0.25, 0.3) is 5.91 Å². The Balaban J connectivity index is 0.00000225. The topological polar surface area (TPSA) is 185 Å². The Bertz CT molecular complexity index is 757. The smallest absolute Gasteiger partial charge is 0.543 e. The van der Waals surface area contributed by atoms with Crippen LogP contribution in [-0.2, 0) is 14.4 Å². The van der Waals surface area contributed by atoms with Crippen LogP contribution in [0, 0.1) is 0 Å². The average Bonchev–Trinajstić information content (AvgIpc) is 2.96. The van der Waals surface area contributed by atoms with Crippen molar-refractivity contribution in [2.45, 2.75) is 16.2 Å². The number of hydrogen-bond donors (Lipinski definition) is 3. The summed E-state index contributed by atoms with van der Waals surface area (Å²) in [5.74, 6) is 3.77. The number of carboxylic acids is 1. The molecule has 1 saturated heterocycles. The predicted octanol–water partition coefficient (Wildman–Crippen LogP) is -7.20. The van der Waals surface area contributed by atoms with Crippen LogP contribution in [0.5, 0.6) is 0 Å². The summed E-state index contributed by atoms with van der Waals surface area (Å²) < 4.78 is 0. The molecule has 12 nitrogen and oxygen atoms in total. The zero-order valence-electron chi connectivity index (χ0n) is 12.9. The van der Waals surface area contributed by atoms with E-state index >= 15 is 0 Å². The summed E-state index contributed by atoms with van der Waals surface area (Å²) in [5, 5.41) is 23.9. The first kappa shape index (κ1) is 20.0. The van der Waals surface area contributed by atoms with E-state index in [0.29, 0.717) is 12.0 Å². The molecule has 0 saturated carbocycles. The number of aromatic nitrogens is 4. The number of amides is 2. The SMILES string of the molecule is Nn1nnnc1SCC1=C(C(=O)[O-])N2C(=O)[C@](N)(NC=O)[C@@H]2SC1.[Na+]. The fourth-order valence-corrected chi connectivity index (χ4v) is 4.72. The van der Waals surface area contributed by atoms with Crippen molar-refractivity contribution in [1.29, 1.82) is 0 Å². The number of tetrazole rings is 1. The normalized spacial score (nSPS) is 24.9. The van der Waals surface area contributed by atoms with E-state index in [1.807, 2.05) is 0 Å². The maximum Gasteiger partial charge on any atom is 1.00 e. The maximum absolute atomic E-state index is 12.2. The second kappa shape index (κ2) is 7.51. The molecule has 0 aliphatic carbocycles. The minimum Gasteiger partial charge on any atom is -0.543 e. The fraction of sp³-hybridized carbons (Fsp3) is 0.400. The van der Waals surface area contributed by atoms with Crippen molar-refractivity contribution < 1.29 is 49.0 Å². The maximum atomic E-state index is 12.2. The summed E-state index contributed by atoms with van der Waals surface area (Å²) >= 11 is 2.36. The Morgan fingerprint density at radius 3 is 2.88 bits per heavy atom. The summed E-state index contributed by atoms with van der Waals surface area (Å²) in [7, 11) is 0. The van der Waals surface area contributed by atoms with Gasteiger partial charge in [-0.25, -0.2) is 0 Å². The van der Waals surface area contributed by atoms with Gasteiger partial charge >= 0.3 is 29.6 Å². The fourth-order valence-electron chi connectivity index (χ4n) is 2.41. The molecule has 2 aliphatic heterocycles. The number of nitrogens with zero attached hydrogens (tertiary/aromatic N) is 5. The predicted molar refractivity (Wildman–Crippen MR) is 79.9 cm³/mol. The summed E-state index contributed by atoms with van der Waals surface area (Å²) in [5.41, 5.74) is 4.43. The van der Waals surface area contributed by atoms with Crippen molar-refractivity contribution >= 4 is 41.8 Å². The number of fused-ring (bicyclic) bond motifs is 1. The first-order valence-corrected chi connectivity index (χ1v) is 8.48. The number of nitrogen functional groups attached to an aromatic ring is 1. The van der Waals surface area contributed by atoms with Crippen molar-refractivity contribution in [3.63, 3.8) is 0 Å². The van der Waals surface area contributed by atoms with Crippen LogP contribution >= 0.6 is 23.5 Å². The summed E-state index contributed by atoms with van der Waals surface area (Å²) in [6, 6.07) is 0. The number of carbonyl (C=O) groups excluding carboxylic acids is 3. The van der Waals surface area contributed by atoms with Crippen LogP contribution in [-0.4, -0.2) is 66.0 Å².